The van der Waals surface area contributed by atoms with Gasteiger partial charge < -0.3 is 9.47 Å². The topological polar surface area (TPSA) is 65.5 Å². The lowest BCUT2D eigenvalue weighted by atomic mass is 9.81. The number of esters is 2. The van der Waals surface area contributed by atoms with Crippen LogP contribution in [0.5, 0.6) is 0 Å². The Morgan fingerprint density at radius 1 is 1.10 bits per heavy atom. The number of aryl methyl sites for hydroxylation is 1. The van der Waals surface area contributed by atoms with Gasteiger partial charge in [-0.2, -0.15) is 0 Å². The molecule has 0 unspecified atom stereocenters. The van der Waals surface area contributed by atoms with E-state index >= 15 is 0 Å². The summed E-state index contributed by atoms with van der Waals surface area (Å²) in [5.41, 5.74) is 3.39. The van der Waals surface area contributed by atoms with Crippen LogP contribution in [-0.4, -0.2) is 16.9 Å². The molecule has 0 aliphatic rings. The van der Waals surface area contributed by atoms with Gasteiger partial charge in [-0.3, -0.25) is 14.6 Å². The molecule has 0 spiro atoms. The minimum atomic E-state index is -0.355. The molecule has 0 bridgehead atoms. The highest BCUT2D eigenvalue weighted by molar-refractivity contribution is 5.66. The van der Waals surface area contributed by atoms with E-state index in [1.807, 2.05) is 6.92 Å². The first-order valence-corrected chi connectivity index (χ1v) is 6.87. The van der Waals surface area contributed by atoms with Gasteiger partial charge in [-0.15, -0.1) is 0 Å². The minimum absolute atomic E-state index is 0.127. The molecule has 0 saturated carbocycles. The third-order valence-electron chi connectivity index (χ3n) is 3.07. The average Bonchev–Trinajstić information content (AvgIpc) is 2.32. The number of aromatic nitrogens is 1. The number of pyridine rings is 1. The number of carbonyl (C=O) groups is 2. The van der Waals surface area contributed by atoms with Gasteiger partial charge in [-0.1, -0.05) is 20.8 Å². The minimum Gasteiger partial charge on any atom is -0.461 e. The van der Waals surface area contributed by atoms with Crippen LogP contribution in [0.15, 0.2) is 6.20 Å². The van der Waals surface area contributed by atoms with Crippen LogP contribution in [0.4, 0.5) is 0 Å². The Balaban J connectivity index is 3.29. The van der Waals surface area contributed by atoms with Gasteiger partial charge in [0, 0.05) is 36.9 Å². The number of carbonyl (C=O) groups excluding carboxylic acids is 2. The summed E-state index contributed by atoms with van der Waals surface area (Å²) < 4.78 is 10.2. The van der Waals surface area contributed by atoms with Crippen LogP contribution in [0.25, 0.3) is 0 Å². The fraction of sp³-hybridized carbons (Fsp3) is 0.562. The third-order valence-corrected chi connectivity index (χ3v) is 3.07. The first kappa shape index (κ1) is 17.1. The van der Waals surface area contributed by atoms with E-state index in [-0.39, 0.29) is 30.6 Å². The summed E-state index contributed by atoms with van der Waals surface area (Å²) in [4.78, 5) is 26.5. The fourth-order valence-electron chi connectivity index (χ4n) is 2.33. The molecule has 0 aliphatic carbocycles. The second-order valence-corrected chi connectivity index (χ2v) is 6.03. The predicted octanol–water partition coefficient (Wildman–Crippen LogP) is 2.81. The van der Waals surface area contributed by atoms with Crippen LogP contribution in [0.2, 0.25) is 0 Å². The number of nitrogens with zero attached hydrogens (tertiary/aromatic N) is 1. The maximum atomic E-state index is 11.1. The number of hydrogen-bond acceptors (Lipinski definition) is 5. The molecule has 0 aromatic carbocycles. The molecule has 1 aromatic rings. The molecule has 0 fully saturated rings. The van der Waals surface area contributed by atoms with Crippen molar-refractivity contribution >= 4 is 11.9 Å². The van der Waals surface area contributed by atoms with Crippen LogP contribution in [0.3, 0.4) is 0 Å². The lowest BCUT2D eigenvalue weighted by Gasteiger charge is -2.26. The third kappa shape index (κ3) is 4.85. The summed E-state index contributed by atoms with van der Waals surface area (Å²) in [6, 6.07) is 0. The zero-order chi connectivity index (χ0) is 16.2. The SMILES string of the molecule is CC(=O)OCc1cnc(C)c(C(C)(C)C)c1COC(C)=O. The van der Waals surface area contributed by atoms with Crippen molar-refractivity contribution in [1.82, 2.24) is 4.98 Å². The van der Waals surface area contributed by atoms with Gasteiger partial charge in [-0.05, 0) is 17.9 Å². The summed E-state index contributed by atoms with van der Waals surface area (Å²) in [5, 5.41) is 0. The van der Waals surface area contributed by atoms with E-state index in [9.17, 15) is 9.59 Å². The molecule has 0 radical (unpaired) electrons. The average molecular weight is 293 g/mol. The van der Waals surface area contributed by atoms with Crippen LogP contribution >= 0.6 is 0 Å². The molecule has 1 heterocycles. The first-order valence-electron chi connectivity index (χ1n) is 6.87. The molecular formula is C16H23NO4. The van der Waals surface area contributed by atoms with Crippen molar-refractivity contribution in [2.24, 2.45) is 0 Å². The molecular weight excluding hydrogens is 270 g/mol. The zero-order valence-electron chi connectivity index (χ0n) is 13.6. The lowest BCUT2D eigenvalue weighted by Crippen LogP contribution is -2.20. The Labute approximate surface area is 125 Å². The van der Waals surface area contributed by atoms with Crippen LogP contribution in [0.1, 0.15) is 57.0 Å². The molecule has 0 atom stereocenters. The van der Waals surface area contributed by atoms with Gasteiger partial charge in [0.1, 0.15) is 13.2 Å². The molecule has 0 saturated heterocycles. The Hall–Kier alpha value is -1.91. The molecule has 0 aliphatic heterocycles. The van der Waals surface area contributed by atoms with E-state index in [2.05, 4.69) is 25.8 Å². The molecule has 0 N–H and O–H groups in total. The molecule has 1 aromatic heterocycles. The van der Waals surface area contributed by atoms with Crippen molar-refractivity contribution in [1.29, 1.82) is 0 Å². The highest BCUT2D eigenvalue weighted by atomic mass is 16.5. The van der Waals surface area contributed by atoms with Gasteiger partial charge in [0.05, 0.1) is 0 Å². The Bertz CT molecular complexity index is 544. The molecule has 5 heteroatoms. The van der Waals surface area contributed by atoms with Gasteiger partial charge >= 0.3 is 11.9 Å². The first-order chi connectivity index (χ1) is 9.62. The van der Waals surface area contributed by atoms with Crippen molar-refractivity contribution in [2.45, 2.75) is 60.2 Å². The second-order valence-electron chi connectivity index (χ2n) is 6.03. The smallest absolute Gasteiger partial charge is 0.302 e. The van der Waals surface area contributed by atoms with Gasteiger partial charge in [-0.25, -0.2) is 0 Å². The van der Waals surface area contributed by atoms with E-state index in [4.69, 9.17) is 9.47 Å². The standard InChI is InChI=1S/C16H23NO4/c1-10-15(16(4,5)6)14(9-21-12(3)19)13(7-17-10)8-20-11(2)18/h7H,8-9H2,1-6H3. The zero-order valence-corrected chi connectivity index (χ0v) is 13.6. The molecule has 21 heavy (non-hydrogen) atoms. The number of rotatable bonds is 4. The van der Waals surface area contributed by atoms with Crippen molar-refractivity contribution in [3.8, 4) is 0 Å². The van der Waals surface area contributed by atoms with Crippen LogP contribution in [0, 0.1) is 6.92 Å². The van der Waals surface area contributed by atoms with E-state index in [0.717, 1.165) is 22.4 Å². The summed E-state index contributed by atoms with van der Waals surface area (Å²) in [6.45, 7) is 11.2. The Morgan fingerprint density at radius 2 is 1.62 bits per heavy atom. The van der Waals surface area contributed by atoms with E-state index < -0.39 is 0 Å². The second kappa shape index (κ2) is 6.70. The predicted molar refractivity (Wildman–Crippen MR) is 78.6 cm³/mol. The summed E-state index contributed by atoms with van der Waals surface area (Å²) in [5.74, 6) is -0.700. The van der Waals surface area contributed by atoms with Crippen molar-refractivity contribution < 1.29 is 19.1 Å². The number of ether oxygens (including phenoxy) is 2. The molecule has 5 nitrogen and oxygen atoms in total. The molecule has 1 rings (SSSR count). The van der Waals surface area contributed by atoms with Crippen molar-refractivity contribution in [3.63, 3.8) is 0 Å². The molecule has 116 valence electrons. The summed E-state index contributed by atoms with van der Waals surface area (Å²) >= 11 is 0. The maximum Gasteiger partial charge on any atom is 0.302 e. The van der Waals surface area contributed by atoms with Crippen LogP contribution < -0.4 is 0 Å². The van der Waals surface area contributed by atoms with E-state index in [1.54, 1.807) is 6.20 Å². The van der Waals surface area contributed by atoms with Gasteiger partial charge in [0.15, 0.2) is 0 Å². The van der Waals surface area contributed by atoms with Crippen molar-refractivity contribution in [3.05, 3.63) is 28.6 Å². The number of hydrogen-bond donors (Lipinski definition) is 0. The van der Waals surface area contributed by atoms with Gasteiger partial charge in [0.25, 0.3) is 0 Å². The van der Waals surface area contributed by atoms with Crippen LogP contribution in [-0.2, 0) is 37.7 Å². The largest absolute Gasteiger partial charge is 0.461 e. The molecule has 0 amide bonds. The highest BCUT2D eigenvalue weighted by Crippen LogP contribution is 2.31. The monoisotopic (exact) mass is 293 g/mol. The van der Waals surface area contributed by atoms with Gasteiger partial charge in [0.2, 0.25) is 0 Å². The lowest BCUT2D eigenvalue weighted by molar-refractivity contribution is -0.144. The quantitative estimate of drug-likeness (QED) is 0.799. The van der Waals surface area contributed by atoms with Crippen molar-refractivity contribution in [2.75, 3.05) is 0 Å². The Kier molecular flexibility index (Phi) is 5.47. The van der Waals surface area contributed by atoms with E-state index in [0.29, 0.717) is 0 Å². The maximum absolute atomic E-state index is 11.1. The Morgan fingerprint density at radius 3 is 2.10 bits per heavy atom. The summed E-state index contributed by atoms with van der Waals surface area (Å²) in [7, 11) is 0. The van der Waals surface area contributed by atoms with E-state index in [1.165, 1.54) is 13.8 Å². The highest BCUT2D eigenvalue weighted by Gasteiger charge is 2.24. The normalized spacial score (nSPS) is 11.1. The summed E-state index contributed by atoms with van der Waals surface area (Å²) in [6.07, 6.45) is 1.67. The fourth-order valence-corrected chi connectivity index (χ4v) is 2.33.